The molecule has 1 N–H and O–H groups in total. The van der Waals surface area contributed by atoms with Gasteiger partial charge in [0.25, 0.3) is 0 Å². The summed E-state index contributed by atoms with van der Waals surface area (Å²) in [5.41, 5.74) is 0. The van der Waals surface area contributed by atoms with Crippen molar-refractivity contribution in [2.24, 2.45) is 11.8 Å². The largest absolute Gasteiger partial charge is 0.388 e. The number of rotatable bonds is 2. The van der Waals surface area contributed by atoms with E-state index in [2.05, 4.69) is 10.1 Å². The van der Waals surface area contributed by atoms with Crippen molar-refractivity contribution < 1.29 is 9.63 Å². The molecule has 2 fully saturated rings. The molecule has 0 spiro atoms. The lowest BCUT2D eigenvalue weighted by atomic mass is 9.89. The highest BCUT2D eigenvalue weighted by molar-refractivity contribution is 5.04. The summed E-state index contributed by atoms with van der Waals surface area (Å²) < 4.78 is 5.17. The van der Waals surface area contributed by atoms with E-state index in [1.807, 2.05) is 0 Å². The Balaban J connectivity index is 1.82. The van der Waals surface area contributed by atoms with Crippen LogP contribution >= 0.6 is 0 Å². The van der Waals surface area contributed by atoms with Crippen LogP contribution in [0.4, 0.5) is 0 Å². The van der Waals surface area contributed by atoms with Gasteiger partial charge >= 0.3 is 0 Å². The molecule has 0 saturated heterocycles. The lowest BCUT2D eigenvalue weighted by Gasteiger charge is -2.16. The van der Waals surface area contributed by atoms with E-state index >= 15 is 0 Å². The Labute approximate surface area is 82.3 Å². The number of hydrogen-bond donors (Lipinski definition) is 1. The first kappa shape index (κ1) is 8.41. The zero-order valence-electron chi connectivity index (χ0n) is 8.02. The fourth-order valence-electron chi connectivity index (χ4n) is 3.03. The van der Waals surface area contributed by atoms with Crippen molar-refractivity contribution in [3.05, 3.63) is 11.7 Å². The molecule has 2 aliphatic carbocycles. The number of fused-ring (bicyclic) bond motifs is 2. The molecule has 14 heavy (non-hydrogen) atoms. The van der Waals surface area contributed by atoms with Crippen LogP contribution in [0, 0.1) is 11.8 Å². The Kier molecular flexibility index (Phi) is 1.83. The van der Waals surface area contributed by atoms with Crippen LogP contribution in [-0.2, 0) is 6.61 Å². The fraction of sp³-hybridized carbons (Fsp3) is 0.800. The first-order valence-electron chi connectivity index (χ1n) is 5.30. The summed E-state index contributed by atoms with van der Waals surface area (Å²) in [5.74, 6) is 3.28. The summed E-state index contributed by atoms with van der Waals surface area (Å²) in [4.78, 5) is 4.20. The van der Waals surface area contributed by atoms with E-state index in [0.717, 1.165) is 17.7 Å². The third-order valence-electron chi connectivity index (χ3n) is 3.68. The van der Waals surface area contributed by atoms with Crippen molar-refractivity contribution in [2.45, 2.75) is 38.2 Å². The Morgan fingerprint density at radius 3 is 2.86 bits per heavy atom. The predicted molar refractivity (Wildman–Crippen MR) is 48.4 cm³/mol. The van der Waals surface area contributed by atoms with Gasteiger partial charge in [-0.2, -0.15) is 4.98 Å². The molecule has 0 radical (unpaired) electrons. The van der Waals surface area contributed by atoms with Crippen molar-refractivity contribution in [1.29, 1.82) is 0 Å². The summed E-state index contributed by atoms with van der Waals surface area (Å²) in [6.45, 7) is -0.121. The van der Waals surface area contributed by atoms with Gasteiger partial charge in [-0.25, -0.2) is 0 Å². The first-order valence-corrected chi connectivity index (χ1v) is 5.30. The van der Waals surface area contributed by atoms with E-state index in [-0.39, 0.29) is 6.61 Å². The smallest absolute Gasteiger partial charge is 0.230 e. The molecule has 0 aromatic carbocycles. The molecule has 3 rings (SSSR count). The topological polar surface area (TPSA) is 59.2 Å². The van der Waals surface area contributed by atoms with Crippen LogP contribution in [-0.4, -0.2) is 15.2 Å². The van der Waals surface area contributed by atoms with Gasteiger partial charge in [-0.1, -0.05) is 11.6 Å². The van der Waals surface area contributed by atoms with Gasteiger partial charge in [-0.15, -0.1) is 0 Å². The zero-order valence-corrected chi connectivity index (χ0v) is 8.02. The normalized spacial score (nSPS) is 35.4. The van der Waals surface area contributed by atoms with Gasteiger partial charge in [0.05, 0.1) is 0 Å². The Morgan fingerprint density at radius 1 is 1.36 bits per heavy atom. The molecule has 2 saturated carbocycles. The second-order valence-corrected chi connectivity index (χ2v) is 4.49. The Morgan fingerprint density at radius 2 is 2.29 bits per heavy atom. The van der Waals surface area contributed by atoms with E-state index < -0.39 is 0 Å². The Hall–Kier alpha value is -0.900. The van der Waals surface area contributed by atoms with E-state index in [0.29, 0.717) is 11.7 Å². The third kappa shape index (κ3) is 1.17. The molecular formula is C10H14N2O2. The average Bonchev–Trinajstić information content (AvgIpc) is 2.93. The van der Waals surface area contributed by atoms with Gasteiger partial charge in [0.1, 0.15) is 6.61 Å². The molecule has 4 nitrogen and oxygen atoms in total. The Bertz CT molecular complexity index is 337. The van der Waals surface area contributed by atoms with Crippen LogP contribution in [0.1, 0.15) is 43.3 Å². The lowest BCUT2D eigenvalue weighted by Crippen LogP contribution is -2.08. The molecule has 1 heterocycles. The SMILES string of the molecule is OCc1noc(C2CC3CCC2C3)n1. The molecule has 2 aliphatic rings. The molecule has 0 amide bonds. The predicted octanol–water partition coefficient (Wildman–Crippen LogP) is 1.47. The van der Waals surface area contributed by atoms with Crippen LogP contribution in [0.25, 0.3) is 0 Å². The lowest BCUT2D eigenvalue weighted by molar-refractivity contribution is 0.259. The average molecular weight is 194 g/mol. The minimum absolute atomic E-state index is 0.121. The van der Waals surface area contributed by atoms with E-state index in [1.165, 1.54) is 25.7 Å². The molecule has 3 unspecified atom stereocenters. The first-order chi connectivity index (χ1) is 6.86. The van der Waals surface area contributed by atoms with Gasteiger partial charge in [0.2, 0.25) is 5.89 Å². The van der Waals surface area contributed by atoms with Crippen LogP contribution in [0.3, 0.4) is 0 Å². The highest BCUT2D eigenvalue weighted by atomic mass is 16.5. The summed E-state index contributed by atoms with van der Waals surface area (Å²) >= 11 is 0. The summed E-state index contributed by atoms with van der Waals surface area (Å²) in [5, 5.41) is 12.6. The van der Waals surface area contributed by atoms with Crippen molar-refractivity contribution in [2.75, 3.05) is 0 Å². The van der Waals surface area contributed by atoms with E-state index in [9.17, 15) is 0 Å². The number of aliphatic hydroxyl groups excluding tert-OH is 1. The maximum absolute atomic E-state index is 8.84. The molecule has 2 bridgehead atoms. The minimum Gasteiger partial charge on any atom is -0.388 e. The van der Waals surface area contributed by atoms with Crippen molar-refractivity contribution >= 4 is 0 Å². The molecule has 1 aromatic rings. The quantitative estimate of drug-likeness (QED) is 0.774. The summed E-state index contributed by atoms with van der Waals surface area (Å²) in [6.07, 6.45) is 5.23. The highest BCUT2D eigenvalue weighted by Crippen LogP contribution is 2.52. The van der Waals surface area contributed by atoms with Crippen molar-refractivity contribution in [1.82, 2.24) is 10.1 Å². The number of aliphatic hydroxyl groups is 1. The number of nitrogens with zero attached hydrogens (tertiary/aromatic N) is 2. The number of hydrogen-bond acceptors (Lipinski definition) is 4. The number of aromatic nitrogens is 2. The minimum atomic E-state index is -0.121. The maximum Gasteiger partial charge on any atom is 0.230 e. The van der Waals surface area contributed by atoms with Gasteiger partial charge in [0.15, 0.2) is 5.82 Å². The summed E-state index contributed by atoms with van der Waals surface area (Å²) in [6, 6.07) is 0. The van der Waals surface area contributed by atoms with Crippen molar-refractivity contribution in [3.8, 4) is 0 Å². The summed E-state index contributed by atoms with van der Waals surface area (Å²) in [7, 11) is 0. The molecular weight excluding hydrogens is 180 g/mol. The van der Waals surface area contributed by atoms with Crippen LogP contribution in [0.15, 0.2) is 4.52 Å². The fourth-order valence-corrected chi connectivity index (χ4v) is 3.03. The molecule has 3 atom stereocenters. The van der Waals surface area contributed by atoms with Crippen LogP contribution < -0.4 is 0 Å². The molecule has 4 heteroatoms. The third-order valence-corrected chi connectivity index (χ3v) is 3.68. The van der Waals surface area contributed by atoms with Gasteiger partial charge in [0, 0.05) is 5.92 Å². The van der Waals surface area contributed by atoms with E-state index in [4.69, 9.17) is 9.63 Å². The second kappa shape index (κ2) is 3.05. The highest BCUT2D eigenvalue weighted by Gasteiger charge is 2.42. The molecule has 76 valence electrons. The van der Waals surface area contributed by atoms with E-state index in [1.54, 1.807) is 0 Å². The van der Waals surface area contributed by atoms with Gasteiger partial charge < -0.3 is 9.63 Å². The zero-order chi connectivity index (χ0) is 9.54. The monoisotopic (exact) mass is 194 g/mol. The molecule has 1 aromatic heterocycles. The van der Waals surface area contributed by atoms with Gasteiger partial charge in [-0.05, 0) is 31.1 Å². The van der Waals surface area contributed by atoms with Gasteiger partial charge in [-0.3, -0.25) is 0 Å². The van der Waals surface area contributed by atoms with Crippen molar-refractivity contribution in [3.63, 3.8) is 0 Å². The van der Waals surface area contributed by atoms with Crippen LogP contribution in [0.5, 0.6) is 0 Å². The van der Waals surface area contributed by atoms with Crippen LogP contribution in [0.2, 0.25) is 0 Å². The standard InChI is InChI=1S/C10H14N2O2/c13-5-9-11-10(14-12-9)8-4-6-1-2-7(8)3-6/h6-8,13H,1-5H2. The molecule has 0 aliphatic heterocycles. The second-order valence-electron chi connectivity index (χ2n) is 4.49. The maximum atomic E-state index is 8.84.